The van der Waals surface area contributed by atoms with E-state index in [2.05, 4.69) is 16.3 Å². The highest BCUT2D eigenvalue weighted by Crippen LogP contribution is 2.44. The predicted molar refractivity (Wildman–Crippen MR) is 36.7 cm³/mol. The summed E-state index contributed by atoms with van der Waals surface area (Å²) < 4.78 is 13.9. The third kappa shape index (κ3) is 8.68. The molecule has 9 heteroatoms. The molecule has 0 saturated heterocycles. The zero-order chi connectivity index (χ0) is 8.41. The maximum absolute atomic E-state index is 10.00. The molecule has 0 amide bonds. The van der Waals surface area contributed by atoms with Gasteiger partial charge in [-0.25, -0.2) is 0 Å². The number of hydrogen-bond acceptors (Lipinski definition) is 3. The lowest BCUT2D eigenvalue weighted by Crippen LogP contribution is -1.92. The summed E-state index contributed by atoms with van der Waals surface area (Å²) in [6, 6.07) is 0. The first-order chi connectivity index (χ1) is 4.21. The van der Waals surface area contributed by atoms with Crippen molar-refractivity contribution >= 4 is 26.1 Å². The van der Waals surface area contributed by atoms with Crippen LogP contribution in [0.25, 0.3) is 0 Å². The second-order valence-corrected chi connectivity index (χ2v) is 5.67. The van der Waals surface area contributed by atoms with Gasteiger partial charge in [-0.15, -0.1) is 0 Å². The van der Waals surface area contributed by atoms with Gasteiger partial charge in [0.25, 0.3) is 0 Å². The van der Waals surface area contributed by atoms with Crippen LogP contribution in [0.5, 0.6) is 0 Å². The van der Waals surface area contributed by atoms with Crippen molar-refractivity contribution in [2.45, 2.75) is 0 Å². The first kappa shape index (κ1) is 10.7. The monoisotopic (exact) mass is 208 g/mol. The smallest absolute Gasteiger partial charge is 0.325 e. The van der Waals surface area contributed by atoms with Gasteiger partial charge in [0.05, 0.1) is 0 Å². The van der Waals surface area contributed by atoms with Crippen molar-refractivity contribution in [2.75, 3.05) is 6.35 Å². The van der Waals surface area contributed by atoms with E-state index < -0.39 is 20.7 Å². The molecule has 0 aliphatic carbocycles. The standard InChI is InChI=1S/CH6O6P2S/c2-8(3,4)1-7-9(5,6)10/h1H2,(H2,2,3,4)(H2,5,6,10). The van der Waals surface area contributed by atoms with Crippen LogP contribution in [0.3, 0.4) is 0 Å². The Morgan fingerprint density at radius 1 is 1.30 bits per heavy atom. The molecule has 0 aromatic carbocycles. The fraction of sp³-hybridized carbons (Fsp3) is 1.00. The quantitative estimate of drug-likeness (QED) is 0.456. The summed E-state index contributed by atoms with van der Waals surface area (Å²) >= 11 is 3.91. The lowest BCUT2D eigenvalue weighted by Gasteiger charge is -2.08. The van der Waals surface area contributed by atoms with E-state index in [9.17, 15) is 4.57 Å². The minimum absolute atomic E-state index is 1.06. The van der Waals surface area contributed by atoms with Crippen molar-refractivity contribution in [3.63, 3.8) is 0 Å². The fourth-order valence-corrected chi connectivity index (χ4v) is 1.78. The summed E-state index contributed by atoms with van der Waals surface area (Å²) in [6.45, 7) is -3.92. The van der Waals surface area contributed by atoms with Crippen molar-refractivity contribution in [2.24, 2.45) is 0 Å². The SMILES string of the molecule is O=P(O)(O)COP(O)(O)=S. The van der Waals surface area contributed by atoms with Crippen molar-refractivity contribution in [1.29, 1.82) is 0 Å². The summed E-state index contributed by atoms with van der Waals surface area (Å²) in [7, 11) is -4.34. The Morgan fingerprint density at radius 2 is 1.70 bits per heavy atom. The van der Waals surface area contributed by atoms with Gasteiger partial charge in [0.2, 0.25) is 0 Å². The molecule has 0 unspecified atom stereocenters. The molecule has 0 atom stereocenters. The molecule has 0 aromatic rings. The zero-order valence-corrected chi connectivity index (χ0v) is 7.22. The van der Waals surface area contributed by atoms with Crippen LogP contribution in [0.4, 0.5) is 0 Å². The molecule has 0 aliphatic rings. The van der Waals surface area contributed by atoms with Gasteiger partial charge in [0, 0.05) is 0 Å². The normalized spacial score (nSPS) is 13.6. The predicted octanol–water partition coefficient (Wildman–Crippen LogP) is -0.653. The van der Waals surface area contributed by atoms with Gasteiger partial charge < -0.3 is 19.6 Å². The molecule has 4 N–H and O–H groups in total. The van der Waals surface area contributed by atoms with E-state index >= 15 is 0 Å². The lowest BCUT2D eigenvalue weighted by molar-refractivity contribution is 0.257. The summed E-state index contributed by atoms with van der Waals surface area (Å²) in [5.74, 6) is 0. The molecular formula is CH6O6P2S. The van der Waals surface area contributed by atoms with E-state index in [1.54, 1.807) is 0 Å². The molecular weight excluding hydrogens is 202 g/mol. The molecule has 6 nitrogen and oxygen atoms in total. The molecule has 0 rings (SSSR count). The molecule has 0 spiro atoms. The largest absolute Gasteiger partial charge is 0.351 e. The summed E-state index contributed by atoms with van der Waals surface area (Å²) in [4.78, 5) is 32.8. The summed E-state index contributed by atoms with van der Waals surface area (Å²) in [6.07, 6.45) is -1.06. The van der Waals surface area contributed by atoms with Crippen molar-refractivity contribution < 1.29 is 28.7 Å². The number of hydrogen-bond donors (Lipinski definition) is 4. The Balaban J connectivity index is 3.79. The maximum Gasteiger partial charge on any atom is 0.351 e. The first-order valence-corrected chi connectivity index (χ1v) is 6.38. The molecule has 10 heavy (non-hydrogen) atoms. The Morgan fingerprint density at radius 3 is 1.80 bits per heavy atom. The molecule has 0 aliphatic heterocycles. The molecule has 0 saturated carbocycles. The second kappa shape index (κ2) is 3.38. The van der Waals surface area contributed by atoms with E-state index in [4.69, 9.17) is 19.6 Å². The highest BCUT2D eigenvalue weighted by atomic mass is 32.5. The van der Waals surface area contributed by atoms with Crippen LogP contribution >= 0.6 is 14.3 Å². The molecule has 62 valence electrons. The highest BCUT2D eigenvalue weighted by molar-refractivity contribution is 8.06. The fourth-order valence-electron chi connectivity index (χ4n) is 0.150. The summed E-state index contributed by atoms with van der Waals surface area (Å²) in [5.41, 5.74) is 0. The topological polar surface area (TPSA) is 107 Å². The first-order valence-electron chi connectivity index (χ1n) is 1.95. The Kier molecular flexibility index (Phi) is 3.61. The van der Waals surface area contributed by atoms with E-state index in [-0.39, 0.29) is 0 Å². The van der Waals surface area contributed by atoms with Crippen LogP contribution in [0.15, 0.2) is 0 Å². The van der Waals surface area contributed by atoms with Gasteiger partial charge in [-0.2, -0.15) is 0 Å². The van der Waals surface area contributed by atoms with Crippen molar-refractivity contribution in [1.82, 2.24) is 0 Å². The van der Waals surface area contributed by atoms with Crippen LogP contribution in [-0.4, -0.2) is 25.9 Å². The van der Waals surface area contributed by atoms with Gasteiger partial charge in [-0.3, -0.25) is 9.09 Å². The van der Waals surface area contributed by atoms with E-state index in [0.717, 1.165) is 0 Å². The molecule has 0 heterocycles. The zero-order valence-electron chi connectivity index (χ0n) is 4.62. The Labute approximate surface area is 61.9 Å². The van der Waals surface area contributed by atoms with Gasteiger partial charge in [-0.1, -0.05) is 0 Å². The second-order valence-electron chi connectivity index (χ2n) is 1.41. The minimum atomic E-state index is -4.34. The van der Waals surface area contributed by atoms with Crippen molar-refractivity contribution in [3.05, 3.63) is 0 Å². The van der Waals surface area contributed by atoms with Crippen LogP contribution in [0, 0.1) is 0 Å². The lowest BCUT2D eigenvalue weighted by atomic mass is 11.7. The van der Waals surface area contributed by atoms with E-state index in [1.807, 2.05) is 0 Å². The average molecular weight is 208 g/mol. The molecule has 0 bridgehead atoms. The van der Waals surface area contributed by atoms with Gasteiger partial charge in [0.1, 0.15) is 0 Å². The molecule has 0 radical (unpaired) electrons. The van der Waals surface area contributed by atoms with Gasteiger partial charge in [0.15, 0.2) is 6.35 Å². The Bertz CT molecular complexity index is 166. The average Bonchev–Trinajstić information content (AvgIpc) is 1.57. The Hall–Kier alpha value is 0.680. The van der Waals surface area contributed by atoms with Crippen LogP contribution in [0.1, 0.15) is 0 Å². The maximum atomic E-state index is 10.00. The van der Waals surface area contributed by atoms with Crippen LogP contribution in [0.2, 0.25) is 0 Å². The summed E-state index contributed by atoms with van der Waals surface area (Å²) in [5, 5.41) is 0. The third-order valence-corrected chi connectivity index (χ3v) is 1.84. The third-order valence-electron chi connectivity index (χ3n) is 0.394. The molecule has 0 aromatic heterocycles. The van der Waals surface area contributed by atoms with Crippen LogP contribution < -0.4 is 0 Å². The van der Waals surface area contributed by atoms with Crippen molar-refractivity contribution in [3.8, 4) is 0 Å². The van der Waals surface area contributed by atoms with Crippen LogP contribution in [-0.2, 0) is 20.9 Å². The van der Waals surface area contributed by atoms with Gasteiger partial charge in [-0.05, 0) is 11.8 Å². The number of rotatable bonds is 3. The van der Waals surface area contributed by atoms with Gasteiger partial charge >= 0.3 is 14.3 Å². The van der Waals surface area contributed by atoms with E-state index in [1.165, 1.54) is 0 Å². The van der Waals surface area contributed by atoms with E-state index in [0.29, 0.717) is 0 Å². The highest BCUT2D eigenvalue weighted by Gasteiger charge is 2.18. The minimum Gasteiger partial charge on any atom is -0.325 e. The molecule has 0 fully saturated rings.